The second-order valence-electron chi connectivity index (χ2n) is 3.76. The van der Waals surface area contributed by atoms with E-state index in [4.69, 9.17) is 17.3 Å². The van der Waals surface area contributed by atoms with E-state index in [2.05, 4.69) is 0 Å². The summed E-state index contributed by atoms with van der Waals surface area (Å²) in [6.07, 6.45) is 0. The fraction of sp³-hybridized carbons (Fsp3) is 0.0714. The number of benzene rings is 2. The minimum absolute atomic E-state index is 0.104. The van der Waals surface area contributed by atoms with Gasteiger partial charge in [0.05, 0.1) is 6.04 Å². The van der Waals surface area contributed by atoms with Gasteiger partial charge in [-0.25, -0.2) is 0 Å². The van der Waals surface area contributed by atoms with Gasteiger partial charge in [-0.15, -0.1) is 0 Å². The van der Waals surface area contributed by atoms with Gasteiger partial charge in [0.2, 0.25) is 0 Å². The highest BCUT2D eigenvalue weighted by Crippen LogP contribution is 2.19. The molecule has 0 spiro atoms. The lowest BCUT2D eigenvalue weighted by molar-refractivity contribution is 0.0961. The molecule has 2 aromatic carbocycles. The zero-order chi connectivity index (χ0) is 12.3. The van der Waals surface area contributed by atoms with Gasteiger partial charge < -0.3 is 5.73 Å². The van der Waals surface area contributed by atoms with Crippen LogP contribution in [0.15, 0.2) is 54.6 Å². The van der Waals surface area contributed by atoms with E-state index in [-0.39, 0.29) is 5.78 Å². The third-order valence-corrected chi connectivity index (χ3v) is 2.78. The average Bonchev–Trinajstić information content (AvgIpc) is 2.38. The minimum atomic E-state index is -0.670. The van der Waals surface area contributed by atoms with Crippen molar-refractivity contribution in [2.45, 2.75) is 6.04 Å². The largest absolute Gasteiger partial charge is 0.318 e. The predicted molar refractivity (Wildman–Crippen MR) is 69.2 cm³/mol. The van der Waals surface area contributed by atoms with Crippen LogP contribution in [0.1, 0.15) is 22.0 Å². The van der Waals surface area contributed by atoms with E-state index < -0.39 is 6.04 Å². The van der Waals surface area contributed by atoms with Gasteiger partial charge in [-0.2, -0.15) is 0 Å². The van der Waals surface area contributed by atoms with Crippen LogP contribution in [0.25, 0.3) is 0 Å². The average molecular weight is 246 g/mol. The second kappa shape index (κ2) is 5.13. The zero-order valence-corrected chi connectivity index (χ0v) is 9.89. The van der Waals surface area contributed by atoms with Gasteiger partial charge >= 0.3 is 0 Å². The Kier molecular flexibility index (Phi) is 3.57. The number of Topliss-reactive ketones (excluding diaryl/α,β-unsaturated/α-hetero) is 1. The third kappa shape index (κ3) is 2.73. The normalized spacial score (nSPS) is 12.1. The molecule has 0 saturated heterocycles. The van der Waals surface area contributed by atoms with Gasteiger partial charge in [-0.3, -0.25) is 4.79 Å². The maximum Gasteiger partial charge on any atom is 0.184 e. The Balaban J connectivity index is 2.27. The molecule has 86 valence electrons. The maximum atomic E-state index is 12.1. The zero-order valence-electron chi connectivity index (χ0n) is 9.14. The quantitative estimate of drug-likeness (QED) is 0.844. The summed E-state index contributed by atoms with van der Waals surface area (Å²) < 4.78 is 0. The fourth-order valence-corrected chi connectivity index (χ4v) is 1.83. The summed E-state index contributed by atoms with van der Waals surface area (Å²) in [6, 6.07) is 15.4. The van der Waals surface area contributed by atoms with Crippen molar-refractivity contribution in [3.8, 4) is 0 Å². The molecule has 2 rings (SSSR count). The summed E-state index contributed by atoms with van der Waals surface area (Å²) in [7, 11) is 0. The van der Waals surface area contributed by atoms with Gasteiger partial charge in [0.15, 0.2) is 5.78 Å². The summed E-state index contributed by atoms with van der Waals surface area (Å²) in [6.45, 7) is 0. The Bertz CT molecular complexity index is 525. The van der Waals surface area contributed by atoms with Crippen LogP contribution in [0, 0.1) is 0 Å². The van der Waals surface area contributed by atoms with Crippen LogP contribution in [0.2, 0.25) is 5.02 Å². The van der Waals surface area contributed by atoms with E-state index in [9.17, 15) is 4.79 Å². The number of hydrogen-bond donors (Lipinski definition) is 1. The van der Waals surface area contributed by atoms with Crippen molar-refractivity contribution in [1.29, 1.82) is 0 Å². The first-order valence-corrected chi connectivity index (χ1v) is 5.66. The smallest absolute Gasteiger partial charge is 0.184 e. The van der Waals surface area contributed by atoms with Crippen molar-refractivity contribution >= 4 is 17.4 Å². The molecule has 2 N–H and O–H groups in total. The molecule has 0 heterocycles. The topological polar surface area (TPSA) is 43.1 Å². The first-order valence-electron chi connectivity index (χ1n) is 5.29. The highest BCUT2D eigenvalue weighted by molar-refractivity contribution is 6.30. The van der Waals surface area contributed by atoms with Crippen LogP contribution in [0.4, 0.5) is 0 Å². The molecule has 1 atom stereocenters. The first kappa shape index (κ1) is 11.8. The molecule has 1 unspecified atom stereocenters. The van der Waals surface area contributed by atoms with Gasteiger partial charge in [-0.05, 0) is 17.7 Å². The number of halogens is 1. The van der Waals surface area contributed by atoms with Crippen LogP contribution in [0.3, 0.4) is 0 Å². The van der Waals surface area contributed by atoms with Crippen molar-refractivity contribution in [3.05, 3.63) is 70.7 Å². The molecule has 0 aliphatic heterocycles. The second-order valence-corrected chi connectivity index (χ2v) is 4.20. The Morgan fingerprint density at radius 2 is 1.76 bits per heavy atom. The third-order valence-electron chi connectivity index (χ3n) is 2.55. The Labute approximate surface area is 105 Å². The summed E-state index contributed by atoms with van der Waals surface area (Å²) >= 11 is 5.87. The van der Waals surface area contributed by atoms with Gasteiger partial charge in [-0.1, -0.05) is 54.1 Å². The van der Waals surface area contributed by atoms with E-state index in [0.29, 0.717) is 10.6 Å². The molecular formula is C14H12ClNO. The molecule has 0 radical (unpaired) electrons. The number of rotatable bonds is 3. The molecule has 0 fully saturated rings. The van der Waals surface area contributed by atoms with Crippen molar-refractivity contribution in [2.75, 3.05) is 0 Å². The number of ketones is 1. The molecule has 2 aromatic rings. The molecule has 0 aliphatic rings. The van der Waals surface area contributed by atoms with Gasteiger partial charge in [0, 0.05) is 10.6 Å². The van der Waals surface area contributed by atoms with Crippen LogP contribution in [-0.4, -0.2) is 5.78 Å². The SMILES string of the molecule is NC(C(=O)c1ccccc1)c1cccc(Cl)c1. The molecular weight excluding hydrogens is 234 g/mol. The molecule has 0 amide bonds. The first-order chi connectivity index (χ1) is 8.18. The number of nitrogens with two attached hydrogens (primary N) is 1. The van der Waals surface area contributed by atoms with Crippen molar-refractivity contribution < 1.29 is 4.79 Å². The molecule has 0 aliphatic carbocycles. The maximum absolute atomic E-state index is 12.1. The van der Waals surface area contributed by atoms with Gasteiger partial charge in [0.1, 0.15) is 0 Å². The predicted octanol–water partition coefficient (Wildman–Crippen LogP) is 3.22. The summed E-state index contributed by atoms with van der Waals surface area (Å²) in [5, 5.41) is 0.582. The van der Waals surface area contributed by atoms with E-state index in [1.807, 2.05) is 18.2 Å². The molecule has 0 aromatic heterocycles. The standard InChI is InChI=1S/C14H12ClNO/c15-12-8-4-7-11(9-12)13(16)14(17)10-5-2-1-3-6-10/h1-9,13H,16H2. The molecule has 0 saturated carbocycles. The highest BCUT2D eigenvalue weighted by atomic mass is 35.5. The van der Waals surface area contributed by atoms with Crippen LogP contribution in [-0.2, 0) is 0 Å². The number of carbonyl (C=O) groups is 1. The monoisotopic (exact) mass is 245 g/mol. The summed E-state index contributed by atoms with van der Waals surface area (Å²) in [5.74, 6) is -0.104. The number of hydrogen-bond acceptors (Lipinski definition) is 2. The highest BCUT2D eigenvalue weighted by Gasteiger charge is 2.17. The Morgan fingerprint density at radius 3 is 2.41 bits per heavy atom. The Morgan fingerprint density at radius 1 is 1.06 bits per heavy atom. The van der Waals surface area contributed by atoms with E-state index >= 15 is 0 Å². The molecule has 3 heteroatoms. The Hall–Kier alpha value is -1.64. The fourth-order valence-electron chi connectivity index (χ4n) is 1.63. The van der Waals surface area contributed by atoms with E-state index in [1.165, 1.54) is 0 Å². The summed E-state index contributed by atoms with van der Waals surface area (Å²) in [4.78, 5) is 12.1. The minimum Gasteiger partial charge on any atom is -0.318 e. The van der Waals surface area contributed by atoms with Crippen molar-refractivity contribution in [3.63, 3.8) is 0 Å². The van der Waals surface area contributed by atoms with Crippen LogP contribution >= 0.6 is 11.6 Å². The van der Waals surface area contributed by atoms with Crippen LogP contribution < -0.4 is 5.73 Å². The molecule has 0 bridgehead atoms. The lowest BCUT2D eigenvalue weighted by Crippen LogP contribution is -2.21. The van der Waals surface area contributed by atoms with E-state index in [1.54, 1.807) is 36.4 Å². The molecule has 17 heavy (non-hydrogen) atoms. The van der Waals surface area contributed by atoms with Crippen molar-refractivity contribution in [2.24, 2.45) is 5.73 Å². The van der Waals surface area contributed by atoms with Gasteiger partial charge in [0.25, 0.3) is 0 Å². The van der Waals surface area contributed by atoms with Crippen molar-refractivity contribution in [1.82, 2.24) is 0 Å². The lowest BCUT2D eigenvalue weighted by Gasteiger charge is -2.11. The van der Waals surface area contributed by atoms with Crippen LogP contribution in [0.5, 0.6) is 0 Å². The molecule has 2 nitrogen and oxygen atoms in total. The lowest BCUT2D eigenvalue weighted by atomic mass is 9.98. The van der Waals surface area contributed by atoms with E-state index in [0.717, 1.165) is 5.56 Å². The number of carbonyl (C=O) groups excluding carboxylic acids is 1. The summed E-state index contributed by atoms with van der Waals surface area (Å²) in [5.41, 5.74) is 7.27.